The third-order valence-electron chi connectivity index (χ3n) is 6.39. The molecule has 31 heavy (non-hydrogen) atoms. The summed E-state index contributed by atoms with van der Waals surface area (Å²) in [7, 11) is 1.78. The second kappa shape index (κ2) is 10.1. The molecule has 1 aliphatic rings. The first-order valence-corrected chi connectivity index (χ1v) is 11.1. The minimum atomic E-state index is -0.267. The van der Waals surface area contributed by atoms with Gasteiger partial charge in [-0.2, -0.15) is 0 Å². The summed E-state index contributed by atoms with van der Waals surface area (Å²) in [6.45, 7) is 0.873. The normalized spacial score (nSPS) is 18.5. The standard InChI is InChI=1S/C28H28F2O/c1-31-19-23-6-3-20(4-7-23)2-5-22-9-12-24(28(30)17-22)11-8-21-10-13-26-18-27(29)15-14-25(26)16-21/h9-10,12-18,20,23H,2-7,19H2,1H3. The molecule has 160 valence electrons. The molecule has 3 aromatic carbocycles. The Morgan fingerprint density at radius 3 is 2.35 bits per heavy atom. The maximum atomic E-state index is 14.6. The zero-order chi connectivity index (χ0) is 21.6. The van der Waals surface area contributed by atoms with E-state index in [2.05, 4.69) is 11.8 Å². The van der Waals surface area contributed by atoms with Crippen LogP contribution in [0, 0.1) is 35.3 Å². The predicted octanol–water partition coefficient (Wildman–Crippen LogP) is 6.90. The van der Waals surface area contributed by atoms with Crippen LogP contribution in [0.2, 0.25) is 0 Å². The average molecular weight is 419 g/mol. The van der Waals surface area contributed by atoms with Crippen LogP contribution in [-0.4, -0.2) is 13.7 Å². The highest BCUT2D eigenvalue weighted by atomic mass is 19.1. The molecule has 1 fully saturated rings. The number of benzene rings is 3. The van der Waals surface area contributed by atoms with E-state index in [0.717, 1.165) is 47.3 Å². The maximum Gasteiger partial charge on any atom is 0.139 e. The summed E-state index contributed by atoms with van der Waals surface area (Å²) in [5.41, 5.74) is 2.23. The van der Waals surface area contributed by atoms with Crippen LogP contribution in [0.15, 0.2) is 54.6 Å². The van der Waals surface area contributed by atoms with Crippen LogP contribution in [0.25, 0.3) is 10.8 Å². The Morgan fingerprint density at radius 1 is 0.839 bits per heavy atom. The Balaban J connectivity index is 1.37. The lowest BCUT2D eigenvalue weighted by Gasteiger charge is -2.28. The summed E-state index contributed by atoms with van der Waals surface area (Å²) in [5.74, 6) is 6.89. The lowest BCUT2D eigenvalue weighted by atomic mass is 9.80. The van der Waals surface area contributed by atoms with Gasteiger partial charge >= 0.3 is 0 Å². The Hall–Kier alpha value is -2.70. The number of rotatable bonds is 5. The van der Waals surface area contributed by atoms with Crippen molar-refractivity contribution in [3.8, 4) is 11.8 Å². The lowest BCUT2D eigenvalue weighted by Crippen LogP contribution is -2.18. The van der Waals surface area contributed by atoms with E-state index in [1.54, 1.807) is 25.3 Å². The first kappa shape index (κ1) is 21.5. The molecular formula is C28H28F2O. The molecule has 3 heteroatoms. The van der Waals surface area contributed by atoms with E-state index in [1.165, 1.54) is 37.8 Å². The molecule has 1 aliphatic carbocycles. The van der Waals surface area contributed by atoms with E-state index in [4.69, 9.17) is 4.74 Å². The minimum absolute atomic E-state index is 0.257. The molecule has 1 saturated carbocycles. The van der Waals surface area contributed by atoms with Crippen LogP contribution in [0.4, 0.5) is 8.78 Å². The van der Waals surface area contributed by atoms with Gasteiger partial charge in [-0.05, 0) is 90.3 Å². The van der Waals surface area contributed by atoms with Gasteiger partial charge in [-0.15, -0.1) is 0 Å². The highest BCUT2D eigenvalue weighted by Crippen LogP contribution is 2.31. The van der Waals surface area contributed by atoms with Crippen molar-refractivity contribution in [2.45, 2.75) is 38.5 Å². The van der Waals surface area contributed by atoms with Gasteiger partial charge in [-0.1, -0.05) is 42.9 Å². The van der Waals surface area contributed by atoms with Gasteiger partial charge in [0.1, 0.15) is 11.6 Å². The largest absolute Gasteiger partial charge is 0.384 e. The third-order valence-corrected chi connectivity index (χ3v) is 6.39. The molecule has 0 unspecified atom stereocenters. The van der Waals surface area contributed by atoms with E-state index in [9.17, 15) is 8.78 Å². The summed E-state index contributed by atoms with van der Waals surface area (Å²) in [4.78, 5) is 0. The fourth-order valence-electron chi connectivity index (χ4n) is 4.54. The fourth-order valence-corrected chi connectivity index (χ4v) is 4.54. The lowest BCUT2D eigenvalue weighted by molar-refractivity contribution is 0.117. The Morgan fingerprint density at radius 2 is 1.58 bits per heavy atom. The molecule has 0 aromatic heterocycles. The van der Waals surface area contributed by atoms with Crippen molar-refractivity contribution in [3.63, 3.8) is 0 Å². The highest BCUT2D eigenvalue weighted by Gasteiger charge is 2.20. The van der Waals surface area contributed by atoms with E-state index in [0.29, 0.717) is 11.5 Å². The first-order chi connectivity index (χ1) is 15.1. The van der Waals surface area contributed by atoms with Gasteiger partial charge < -0.3 is 4.74 Å². The van der Waals surface area contributed by atoms with Gasteiger partial charge in [0.2, 0.25) is 0 Å². The molecule has 0 N–H and O–H groups in total. The summed E-state index contributed by atoms with van der Waals surface area (Å²) in [5, 5.41) is 1.74. The summed E-state index contributed by atoms with van der Waals surface area (Å²) >= 11 is 0. The monoisotopic (exact) mass is 418 g/mol. The molecule has 0 saturated heterocycles. The Kier molecular flexibility index (Phi) is 6.99. The van der Waals surface area contributed by atoms with Crippen LogP contribution in [0.1, 0.15) is 48.8 Å². The number of halogens is 2. The molecule has 0 spiro atoms. The Bertz CT molecular complexity index is 1100. The molecule has 0 aliphatic heterocycles. The van der Waals surface area contributed by atoms with E-state index >= 15 is 0 Å². The number of methoxy groups -OCH3 is 1. The van der Waals surface area contributed by atoms with Gasteiger partial charge in [-0.25, -0.2) is 8.78 Å². The molecule has 0 bridgehead atoms. The van der Waals surface area contributed by atoms with E-state index in [1.807, 2.05) is 24.3 Å². The van der Waals surface area contributed by atoms with Crippen molar-refractivity contribution in [1.29, 1.82) is 0 Å². The highest BCUT2D eigenvalue weighted by molar-refractivity contribution is 5.83. The maximum absolute atomic E-state index is 14.6. The van der Waals surface area contributed by atoms with Crippen LogP contribution < -0.4 is 0 Å². The van der Waals surface area contributed by atoms with Crippen LogP contribution in [0.3, 0.4) is 0 Å². The minimum Gasteiger partial charge on any atom is -0.384 e. The van der Waals surface area contributed by atoms with Gasteiger partial charge in [0.05, 0.1) is 5.56 Å². The van der Waals surface area contributed by atoms with E-state index < -0.39 is 0 Å². The average Bonchev–Trinajstić information content (AvgIpc) is 2.78. The van der Waals surface area contributed by atoms with Crippen molar-refractivity contribution < 1.29 is 13.5 Å². The smallest absolute Gasteiger partial charge is 0.139 e. The summed E-state index contributed by atoms with van der Waals surface area (Å²) in [6, 6.07) is 15.6. The number of hydrogen-bond acceptors (Lipinski definition) is 1. The van der Waals surface area contributed by atoms with Crippen LogP contribution in [-0.2, 0) is 11.2 Å². The molecule has 3 aromatic rings. The van der Waals surface area contributed by atoms with Gasteiger partial charge in [-0.3, -0.25) is 0 Å². The summed E-state index contributed by atoms with van der Waals surface area (Å²) < 4.78 is 33.2. The molecular weight excluding hydrogens is 390 g/mol. The molecule has 0 radical (unpaired) electrons. The van der Waals surface area contributed by atoms with Crippen molar-refractivity contribution in [2.75, 3.05) is 13.7 Å². The van der Waals surface area contributed by atoms with Crippen LogP contribution in [0.5, 0.6) is 0 Å². The van der Waals surface area contributed by atoms with Crippen molar-refractivity contribution in [3.05, 3.63) is 82.9 Å². The van der Waals surface area contributed by atoms with E-state index in [-0.39, 0.29) is 11.6 Å². The second-order valence-corrected chi connectivity index (χ2v) is 8.65. The van der Waals surface area contributed by atoms with Crippen molar-refractivity contribution in [1.82, 2.24) is 0 Å². The Labute approximate surface area is 183 Å². The fraction of sp³-hybridized carbons (Fsp3) is 0.357. The predicted molar refractivity (Wildman–Crippen MR) is 122 cm³/mol. The van der Waals surface area contributed by atoms with Gasteiger partial charge in [0, 0.05) is 19.3 Å². The zero-order valence-corrected chi connectivity index (χ0v) is 18.0. The van der Waals surface area contributed by atoms with Gasteiger partial charge in [0.25, 0.3) is 0 Å². The number of fused-ring (bicyclic) bond motifs is 1. The molecule has 1 nitrogen and oxygen atoms in total. The number of aryl methyl sites for hydroxylation is 1. The molecule has 0 amide bonds. The SMILES string of the molecule is COCC1CCC(CCc2ccc(C#Cc3ccc4cc(F)ccc4c3)c(F)c2)CC1. The molecule has 0 heterocycles. The van der Waals surface area contributed by atoms with Crippen LogP contribution >= 0.6 is 0 Å². The van der Waals surface area contributed by atoms with Crippen molar-refractivity contribution in [2.24, 2.45) is 11.8 Å². The second-order valence-electron chi connectivity index (χ2n) is 8.65. The molecule has 4 rings (SSSR count). The van der Waals surface area contributed by atoms with Gasteiger partial charge in [0.15, 0.2) is 0 Å². The van der Waals surface area contributed by atoms with Crippen molar-refractivity contribution >= 4 is 10.8 Å². The first-order valence-electron chi connectivity index (χ1n) is 11.1. The third kappa shape index (κ3) is 5.71. The summed E-state index contributed by atoms with van der Waals surface area (Å²) in [6.07, 6.45) is 7.00. The quantitative estimate of drug-likeness (QED) is 0.409. The zero-order valence-electron chi connectivity index (χ0n) is 18.0. The molecule has 0 atom stereocenters. The topological polar surface area (TPSA) is 9.23 Å². The number of ether oxygens (including phenoxy) is 1. The number of hydrogen-bond donors (Lipinski definition) is 0.